The molecule has 1 aromatic carbocycles. The highest BCUT2D eigenvalue weighted by Gasteiger charge is 2.03. The van der Waals surface area contributed by atoms with E-state index in [1.54, 1.807) is 16.8 Å². The Bertz CT molecular complexity index is 447. The van der Waals surface area contributed by atoms with Gasteiger partial charge < -0.3 is 0 Å². The number of nitrogens with zero attached hydrogens (tertiary/aromatic N) is 4. The molecule has 0 aliphatic carbocycles. The number of carbonyl (C=O) groups is 1. The van der Waals surface area contributed by atoms with Gasteiger partial charge >= 0.3 is 0 Å². The molecule has 2 aromatic rings. The minimum Gasteiger partial charge on any atom is -0.294 e. The summed E-state index contributed by atoms with van der Waals surface area (Å²) in [4.78, 5) is 11.4. The van der Waals surface area contributed by atoms with Crippen LogP contribution in [0.25, 0.3) is 5.69 Å². The smallest absolute Gasteiger partial charge is 0.162 e. The number of ketones is 1. The van der Waals surface area contributed by atoms with Gasteiger partial charge in [0.15, 0.2) is 5.78 Å². The summed E-state index contributed by atoms with van der Waals surface area (Å²) < 4.78 is 1.54. The zero-order valence-corrected chi connectivity index (χ0v) is 8.29. The van der Waals surface area contributed by atoms with E-state index in [9.17, 15) is 4.79 Å². The molecule has 0 bridgehead atoms. The van der Waals surface area contributed by atoms with Gasteiger partial charge in [0.2, 0.25) is 0 Å². The third-order valence-corrected chi connectivity index (χ3v) is 2.12. The van der Waals surface area contributed by atoms with Crippen molar-refractivity contribution in [1.29, 1.82) is 0 Å². The van der Waals surface area contributed by atoms with Crippen LogP contribution in [-0.4, -0.2) is 26.0 Å². The molecule has 0 fully saturated rings. The highest BCUT2D eigenvalue weighted by molar-refractivity contribution is 5.95. The van der Waals surface area contributed by atoms with E-state index in [0.717, 1.165) is 5.69 Å². The first-order chi connectivity index (χ1) is 7.31. The quantitative estimate of drug-likeness (QED) is 0.703. The number of tetrazole rings is 1. The van der Waals surface area contributed by atoms with E-state index in [1.165, 1.54) is 6.33 Å². The van der Waals surface area contributed by atoms with E-state index < -0.39 is 0 Å². The normalized spacial score (nSPS) is 10.2. The van der Waals surface area contributed by atoms with Gasteiger partial charge in [-0.1, -0.05) is 6.92 Å². The highest BCUT2D eigenvalue weighted by Crippen LogP contribution is 2.09. The second-order valence-electron chi connectivity index (χ2n) is 3.08. The lowest BCUT2D eigenvalue weighted by Gasteiger charge is -2.00. The second-order valence-corrected chi connectivity index (χ2v) is 3.08. The third kappa shape index (κ3) is 1.90. The lowest BCUT2D eigenvalue weighted by Crippen LogP contribution is -1.99. The molecule has 5 nitrogen and oxygen atoms in total. The van der Waals surface area contributed by atoms with Gasteiger partial charge in [-0.15, -0.1) is 5.10 Å². The molecule has 0 saturated carbocycles. The summed E-state index contributed by atoms with van der Waals surface area (Å²) in [6.07, 6.45) is 2.03. The van der Waals surface area contributed by atoms with Gasteiger partial charge in [-0.05, 0) is 34.7 Å². The number of aromatic nitrogens is 4. The molecule has 1 heterocycles. The number of hydrogen-bond acceptors (Lipinski definition) is 4. The van der Waals surface area contributed by atoms with Crippen molar-refractivity contribution in [2.24, 2.45) is 0 Å². The molecule has 0 atom stereocenters. The minimum absolute atomic E-state index is 0.137. The van der Waals surface area contributed by atoms with Crippen LogP contribution in [0.15, 0.2) is 30.6 Å². The fourth-order valence-electron chi connectivity index (χ4n) is 1.28. The first-order valence-electron chi connectivity index (χ1n) is 4.68. The second kappa shape index (κ2) is 4.00. The maximum absolute atomic E-state index is 11.4. The van der Waals surface area contributed by atoms with Gasteiger partial charge in [0.1, 0.15) is 6.33 Å². The molecule has 2 rings (SSSR count). The van der Waals surface area contributed by atoms with E-state index in [4.69, 9.17) is 0 Å². The van der Waals surface area contributed by atoms with Crippen LogP contribution in [0.4, 0.5) is 0 Å². The predicted molar refractivity (Wildman–Crippen MR) is 53.8 cm³/mol. The molecule has 0 aliphatic heterocycles. The van der Waals surface area contributed by atoms with Crippen LogP contribution in [0, 0.1) is 0 Å². The molecule has 0 saturated heterocycles. The summed E-state index contributed by atoms with van der Waals surface area (Å²) in [6.45, 7) is 1.84. The van der Waals surface area contributed by atoms with E-state index in [0.29, 0.717) is 12.0 Å². The monoisotopic (exact) mass is 202 g/mol. The molecule has 0 unspecified atom stereocenters. The lowest BCUT2D eigenvalue weighted by atomic mass is 10.1. The SMILES string of the molecule is CCC(=O)c1ccc(-n2cnnn2)cc1. The summed E-state index contributed by atoms with van der Waals surface area (Å²) in [6, 6.07) is 7.20. The van der Waals surface area contributed by atoms with Crippen molar-refractivity contribution < 1.29 is 4.79 Å². The zero-order valence-electron chi connectivity index (χ0n) is 8.29. The molecule has 1 aromatic heterocycles. The fraction of sp³-hybridized carbons (Fsp3) is 0.200. The van der Waals surface area contributed by atoms with E-state index in [-0.39, 0.29) is 5.78 Å². The number of carbonyl (C=O) groups excluding carboxylic acids is 1. The topological polar surface area (TPSA) is 60.7 Å². The van der Waals surface area contributed by atoms with Crippen molar-refractivity contribution in [3.05, 3.63) is 36.2 Å². The maximum atomic E-state index is 11.4. The van der Waals surface area contributed by atoms with Crippen LogP contribution in [0.2, 0.25) is 0 Å². The molecule has 76 valence electrons. The molecule has 0 N–H and O–H groups in total. The maximum Gasteiger partial charge on any atom is 0.162 e. The van der Waals surface area contributed by atoms with Crippen molar-refractivity contribution in [2.45, 2.75) is 13.3 Å². The Kier molecular flexibility index (Phi) is 2.53. The Morgan fingerprint density at radius 1 is 1.33 bits per heavy atom. The van der Waals surface area contributed by atoms with E-state index in [2.05, 4.69) is 15.5 Å². The summed E-state index contributed by atoms with van der Waals surface area (Å²) in [5, 5.41) is 10.8. The molecule has 15 heavy (non-hydrogen) atoms. The lowest BCUT2D eigenvalue weighted by molar-refractivity contribution is 0.0988. The average molecular weight is 202 g/mol. The van der Waals surface area contributed by atoms with Crippen molar-refractivity contribution in [2.75, 3.05) is 0 Å². The standard InChI is InChI=1S/C10H10N4O/c1-2-10(15)8-3-5-9(6-4-8)14-7-11-12-13-14/h3-7H,2H2,1H3. The largest absolute Gasteiger partial charge is 0.294 e. The fourth-order valence-corrected chi connectivity index (χ4v) is 1.28. The van der Waals surface area contributed by atoms with Gasteiger partial charge in [0.25, 0.3) is 0 Å². The van der Waals surface area contributed by atoms with Gasteiger partial charge in [0.05, 0.1) is 5.69 Å². The Morgan fingerprint density at radius 2 is 2.07 bits per heavy atom. The molecule has 0 radical (unpaired) electrons. The van der Waals surface area contributed by atoms with Crippen molar-refractivity contribution >= 4 is 5.78 Å². The Morgan fingerprint density at radius 3 is 2.60 bits per heavy atom. The molecule has 0 spiro atoms. The number of rotatable bonds is 3. The highest BCUT2D eigenvalue weighted by atomic mass is 16.1. The first-order valence-corrected chi connectivity index (χ1v) is 4.68. The third-order valence-electron chi connectivity index (χ3n) is 2.12. The summed E-state index contributed by atoms with van der Waals surface area (Å²) >= 11 is 0. The summed E-state index contributed by atoms with van der Waals surface area (Å²) in [5.41, 5.74) is 1.56. The number of Topliss-reactive ketones (excluding diaryl/α,β-unsaturated/α-hetero) is 1. The van der Waals surface area contributed by atoms with Gasteiger partial charge in [-0.2, -0.15) is 0 Å². The van der Waals surface area contributed by atoms with Crippen LogP contribution in [0.3, 0.4) is 0 Å². The van der Waals surface area contributed by atoms with Crippen molar-refractivity contribution in [3.8, 4) is 5.69 Å². The number of benzene rings is 1. The Labute approximate surface area is 86.7 Å². The summed E-state index contributed by atoms with van der Waals surface area (Å²) in [7, 11) is 0. The Hall–Kier alpha value is -2.04. The minimum atomic E-state index is 0.137. The van der Waals surface area contributed by atoms with Gasteiger partial charge in [-0.25, -0.2) is 4.68 Å². The molecule has 0 amide bonds. The van der Waals surface area contributed by atoms with Crippen LogP contribution in [0.5, 0.6) is 0 Å². The predicted octanol–water partition coefficient (Wildman–Crippen LogP) is 1.25. The molecular formula is C10H10N4O. The van der Waals surface area contributed by atoms with E-state index >= 15 is 0 Å². The van der Waals surface area contributed by atoms with Crippen molar-refractivity contribution in [1.82, 2.24) is 20.2 Å². The van der Waals surface area contributed by atoms with E-state index in [1.807, 2.05) is 19.1 Å². The zero-order chi connectivity index (χ0) is 10.7. The van der Waals surface area contributed by atoms with Gasteiger partial charge in [0, 0.05) is 12.0 Å². The van der Waals surface area contributed by atoms with Crippen LogP contribution >= 0.6 is 0 Å². The molecule has 0 aliphatic rings. The van der Waals surface area contributed by atoms with Crippen LogP contribution in [-0.2, 0) is 0 Å². The summed E-state index contributed by atoms with van der Waals surface area (Å²) in [5.74, 6) is 0.137. The first kappa shape index (κ1) is 9.51. The average Bonchev–Trinajstić information content (AvgIpc) is 2.82. The molecule has 5 heteroatoms. The molecular weight excluding hydrogens is 192 g/mol. The number of hydrogen-bond donors (Lipinski definition) is 0. The van der Waals surface area contributed by atoms with Crippen molar-refractivity contribution in [3.63, 3.8) is 0 Å². The van der Waals surface area contributed by atoms with Crippen LogP contribution < -0.4 is 0 Å². The van der Waals surface area contributed by atoms with Crippen LogP contribution in [0.1, 0.15) is 23.7 Å². The van der Waals surface area contributed by atoms with Gasteiger partial charge in [-0.3, -0.25) is 4.79 Å². The Balaban J connectivity index is 2.29.